The lowest BCUT2D eigenvalue weighted by Gasteiger charge is -2.11. The van der Waals surface area contributed by atoms with Crippen molar-refractivity contribution in [1.29, 1.82) is 0 Å². The number of unbranched alkanes of at least 4 members (excludes halogenated alkanes) is 1. The second-order valence-corrected chi connectivity index (χ2v) is 3.82. The minimum atomic E-state index is -0.556. The first kappa shape index (κ1) is 12.7. The third kappa shape index (κ3) is 4.45. The molecule has 1 rings (SSSR count). The van der Waals surface area contributed by atoms with Gasteiger partial charge in [0, 0.05) is 0 Å². The van der Waals surface area contributed by atoms with Gasteiger partial charge in [-0.15, -0.1) is 0 Å². The molecule has 0 saturated heterocycles. The summed E-state index contributed by atoms with van der Waals surface area (Å²) in [7, 11) is 0. The van der Waals surface area contributed by atoms with E-state index in [0.29, 0.717) is 13.0 Å². The molecule has 0 heterocycles. The Balaban J connectivity index is 2.34. The van der Waals surface area contributed by atoms with Gasteiger partial charge in [0.25, 0.3) is 0 Å². The summed E-state index contributed by atoms with van der Waals surface area (Å²) >= 11 is 0. The predicted octanol–water partition coefficient (Wildman–Crippen LogP) is 1.90. The number of nitrogens with two attached hydrogens (primary N) is 1. The zero-order valence-electron chi connectivity index (χ0n) is 9.69. The largest absolute Gasteiger partial charge is 0.465 e. The molecule has 1 atom stereocenters. The predicted molar refractivity (Wildman–Crippen MR) is 64.0 cm³/mol. The molecule has 3 nitrogen and oxygen atoms in total. The van der Waals surface area contributed by atoms with E-state index < -0.39 is 6.04 Å². The maximum atomic E-state index is 11.5. The highest BCUT2D eigenvalue weighted by Crippen LogP contribution is 2.03. The van der Waals surface area contributed by atoms with Crippen LogP contribution in [0.4, 0.5) is 0 Å². The number of ether oxygens (including phenoxy) is 1. The van der Waals surface area contributed by atoms with Gasteiger partial charge in [0.05, 0.1) is 6.61 Å². The van der Waals surface area contributed by atoms with Crippen molar-refractivity contribution < 1.29 is 9.53 Å². The number of benzene rings is 1. The van der Waals surface area contributed by atoms with Crippen molar-refractivity contribution in [3.05, 3.63) is 35.9 Å². The molecule has 0 aliphatic rings. The Kier molecular flexibility index (Phi) is 5.57. The summed E-state index contributed by atoms with van der Waals surface area (Å²) in [5, 5.41) is 0. The Morgan fingerprint density at radius 3 is 2.69 bits per heavy atom. The molecular formula is C13H19NO2. The van der Waals surface area contributed by atoms with Gasteiger partial charge in [-0.3, -0.25) is 4.79 Å². The fraction of sp³-hybridized carbons (Fsp3) is 0.462. The Bertz CT molecular complexity index is 311. The summed E-state index contributed by atoms with van der Waals surface area (Å²) in [5.41, 5.74) is 6.81. The van der Waals surface area contributed by atoms with Crippen LogP contribution in [-0.2, 0) is 16.0 Å². The van der Waals surface area contributed by atoms with Crippen LogP contribution in [0.1, 0.15) is 25.3 Å². The number of hydrogen-bond acceptors (Lipinski definition) is 3. The van der Waals surface area contributed by atoms with E-state index in [1.165, 1.54) is 0 Å². The average molecular weight is 221 g/mol. The van der Waals surface area contributed by atoms with E-state index >= 15 is 0 Å². The van der Waals surface area contributed by atoms with Crippen molar-refractivity contribution in [2.45, 2.75) is 32.2 Å². The van der Waals surface area contributed by atoms with E-state index in [1.54, 1.807) is 0 Å². The Morgan fingerprint density at radius 1 is 1.38 bits per heavy atom. The van der Waals surface area contributed by atoms with Gasteiger partial charge in [0.1, 0.15) is 6.04 Å². The minimum absolute atomic E-state index is 0.308. The van der Waals surface area contributed by atoms with Crippen molar-refractivity contribution in [1.82, 2.24) is 0 Å². The van der Waals surface area contributed by atoms with E-state index in [9.17, 15) is 4.79 Å². The number of hydrogen-bond donors (Lipinski definition) is 1. The quantitative estimate of drug-likeness (QED) is 0.589. The van der Waals surface area contributed by atoms with Gasteiger partial charge in [0.2, 0.25) is 0 Å². The molecule has 2 N–H and O–H groups in total. The SMILES string of the molecule is CCCCOC(=O)C(N)Cc1ccccc1. The van der Waals surface area contributed by atoms with Crippen LogP contribution >= 0.6 is 0 Å². The smallest absolute Gasteiger partial charge is 0.323 e. The summed E-state index contributed by atoms with van der Waals surface area (Å²) in [6.07, 6.45) is 2.44. The number of esters is 1. The first-order chi connectivity index (χ1) is 7.74. The van der Waals surface area contributed by atoms with Crippen LogP contribution in [-0.4, -0.2) is 18.6 Å². The fourth-order valence-corrected chi connectivity index (χ4v) is 1.38. The van der Waals surface area contributed by atoms with E-state index in [1.807, 2.05) is 30.3 Å². The monoisotopic (exact) mass is 221 g/mol. The highest BCUT2D eigenvalue weighted by Gasteiger charge is 2.14. The Hall–Kier alpha value is -1.35. The molecule has 0 radical (unpaired) electrons. The fourth-order valence-electron chi connectivity index (χ4n) is 1.38. The molecule has 1 aromatic rings. The number of carbonyl (C=O) groups is 1. The van der Waals surface area contributed by atoms with Crippen LogP contribution in [0.3, 0.4) is 0 Å². The van der Waals surface area contributed by atoms with Gasteiger partial charge >= 0.3 is 5.97 Å². The van der Waals surface area contributed by atoms with Crippen LogP contribution in [0, 0.1) is 0 Å². The molecule has 1 aromatic carbocycles. The molecule has 0 bridgehead atoms. The van der Waals surface area contributed by atoms with E-state index in [2.05, 4.69) is 6.92 Å². The summed E-state index contributed by atoms with van der Waals surface area (Å²) in [6.45, 7) is 2.52. The van der Waals surface area contributed by atoms with Crippen molar-refractivity contribution in [3.8, 4) is 0 Å². The van der Waals surface area contributed by atoms with Gasteiger partial charge in [0.15, 0.2) is 0 Å². The third-order valence-electron chi connectivity index (χ3n) is 2.34. The second-order valence-electron chi connectivity index (χ2n) is 3.82. The summed E-state index contributed by atoms with van der Waals surface area (Å²) < 4.78 is 5.05. The summed E-state index contributed by atoms with van der Waals surface area (Å²) in [6, 6.07) is 9.17. The topological polar surface area (TPSA) is 52.3 Å². The van der Waals surface area contributed by atoms with Gasteiger partial charge in [-0.1, -0.05) is 43.7 Å². The zero-order chi connectivity index (χ0) is 11.8. The molecule has 88 valence electrons. The van der Waals surface area contributed by atoms with Crippen LogP contribution < -0.4 is 5.73 Å². The van der Waals surface area contributed by atoms with Gasteiger partial charge in [-0.05, 0) is 18.4 Å². The molecule has 0 aliphatic heterocycles. The van der Waals surface area contributed by atoms with Crippen molar-refractivity contribution >= 4 is 5.97 Å². The maximum Gasteiger partial charge on any atom is 0.323 e. The molecule has 0 spiro atoms. The lowest BCUT2D eigenvalue weighted by molar-refractivity contribution is -0.145. The van der Waals surface area contributed by atoms with Crippen molar-refractivity contribution in [3.63, 3.8) is 0 Å². The van der Waals surface area contributed by atoms with Crippen LogP contribution in [0.5, 0.6) is 0 Å². The molecule has 0 saturated carbocycles. The van der Waals surface area contributed by atoms with Crippen LogP contribution in [0.2, 0.25) is 0 Å². The molecule has 0 aromatic heterocycles. The van der Waals surface area contributed by atoms with Gasteiger partial charge in [-0.25, -0.2) is 0 Å². The first-order valence-electron chi connectivity index (χ1n) is 5.70. The standard InChI is InChI=1S/C13H19NO2/c1-2-3-9-16-13(15)12(14)10-11-7-5-4-6-8-11/h4-8,12H,2-3,9-10,14H2,1H3. The highest BCUT2D eigenvalue weighted by molar-refractivity contribution is 5.75. The molecule has 1 unspecified atom stereocenters. The molecule has 16 heavy (non-hydrogen) atoms. The average Bonchev–Trinajstić information content (AvgIpc) is 2.30. The number of rotatable bonds is 6. The van der Waals surface area contributed by atoms with Crippen LogP contribution in [0.25, 0.3) is 0 Å². The maximum absolute atomic E-state index is 11.5. The van der Waals surface area contributed by atoms with Crippen molar-refractivity contribution in [2.75, 3.05) is 6.61 Å². The van der Waals surface area contributed by atoms with Crippen LogP contribution in [0.15, 0.2) is 30.3 Å². The Labute approximate surface area is 96.6 Å². The molecule has 0 aliphatic carbocycles. The second kappa shape index (κ2) is 7.01. The highest BCUT2D eigenvalue weighted by atomic mass is 16.5. The minimum Gasteiger partial charge on any atom is -0.465 e. The molecular weight excluding hydrogens is 202 g/mol. The van der Waals surface area contributed by atoms with E-state index in [0.717, 1.165) is 18.4 Å². The summed E-state index contributed by atoms with van der Waals surface area (Å²) in [5.74, 6) is -0.308. The van der Waals surface area contributed by atoms with Gasteiger partial charge in [-0.2, -0.15) is 0 Å². The normalized spacial score (nSPS) is 12.1. The van der Waals surface area contributed by atoms with E-state index in [4.69, 9.17) is 10.5 Å². The zero-order valence-corrected chi connectivity index (χ0v) is 9.69. The lowest BCUT2D eigenvalue weighted by atomic mass is 10.1. The number of carbonyl (C=O) groups excluding carboxylic acids is 1. The Morgan fingerprint density at radius 2 is 2.06 bits per heavy atom. The molecule has 0 fully saturated rings. The lowest BCUT2D eigenvalue weighted by Crippen LogP contribution is -2.34. The van der Waals surface area contributed by atoms with Crippen molar-refractivity contribution in [2.24, 2.45) is 5.73 Å². The van der Waals surface area contributed by atoms with Gasteiger partial charge < -0.3 is 10.5 Å². The molecule has 0 amide bonds. The first-order valence-corrected chi connectivity index (χ1v) is 5.70. The molecule has 3 heteroatoms. The third-order valence-corrected chi connectivity index (χ3v) is 2.34. The van der Waals surface area contributed by atoms with E-state index in [-0.39, 0.29) is 5.97 Å². The summed E-state index contributed by atoms with van der Waals surface area (Å²) in [4.78, 5) is 11.5.